The van der Waals surface area contributed by atoms with E-state index in [0.29, 0.717) is 12.2 Å². The number of ketones is 1. The number of hydrogen-bond acceptors (Lipinski definition) is 2. The Morgan fingerprint density at radius 2 is 2.06 bits per heavy atom. The minimum absolute atomic E-state index is 0.145. The molecule has 86 valence electrons. The molecule has 1 aromatic rings. The maximum Gasteiger partial charge on any atom is 0.164 e. The molecular weight excluding hydrogens is 205 g/mol. The van der Waals surface area contributed by atoms with E-state index in [9.17, 15) is 9.18 Å². The Morgan fingerprint density at radius 3 is 2.56 bits per heavy atom. The van der Waals surface area contributed by atoms with Crippen LogP contribution in [0.15, 0.2) is 30.4 Å². The van der Waals surface area contributed by atoms with E-state index in [1.165, 1.54) is 13.0 Å². The van der Waals surface area contributed by atoms with Crippen molar-refractivity contribution in [1.82, 2.24) is 0 Å². The van der Waals surface area contributed by atoms with Crippen LogP contribution in [0, 0.1) is 5.82 Å². The summed E-state index contributed by atoms with van der Waals surface area (Å²) in [6, 6.07) is 4.64. The van der Waals surface area contributed by atoms with Gasteiger partial charge in [0.2, 0.25) is 0 Å². The number of carbonyl (C=O) groups excluding carboxylic acids is 1. The van der Waals surface area contributed by atoms with Gasteiger partial charge >= 0.3 is 0 Å². The van der Waals surface area contributed by atoms with E-state index in [1.807, 2.05) is 18.9 Å². The second kappa shape index (κ2) is 4.92. The van der Waals surface area contributed by atoms with E-state index in [1.54, 1.807) is 12.1 Å². The van der Waals surface area contributed by atoms with Crippen LogP contribution < -0.4 is 4.90 Å². The van der Waals surface area contributed by atoms with Gasteiger partial charge < -0.3 is 4.90 Å². The summed E-state index contributed by atoms with van der Waals surface area (Å²) in [4.78, 5) is 13.2. The minimum atomic E-state index is -0.474. The maximum absolute atomic E-state index is 13.5. The van der Waals surface area contributed by atoms with Crippen LogP contribution >= 0.6 is 0 Å². The zero-order valence-corrected chi connectivity index (χ0v) is 9.88. The van der Waals surface area contributed by atoms with E-state index < -0.39 is 5.82 Å². The number of halogens is 1. The molecule has 0 amide bonds. The minimum Gasteiger partial charge on any atom is -0.370 e. The molecule has 0 aliphatic heterocycles. The van der Waals surface area contributed by atoms with Crippen LogP contribution in [0.25, 0.3) is 0 Å². The summed E-state index contributed by atoms with van der Waals surface area (Å²) >= 11 is 0. The quantitative estimate of drug-likeness (QED) is 0.575. The van der Waals surface area contributed by atoms with E-state index in [4.69, 9.17) is 0 Å². The third-order valence-electron chi connectivity index (χ3n) is 2.26. The lowest BCUT2D eigenvalue weighted by molar-refractivity contribution is 0.101. The molecule has 1 aromatic carbocycles. The van der Waals surface area contributed by atoms with Crippen molar-refractivity contribution in [2.45, 2.75) is 13.8 Å². The van der Waals surface area contributed by atoms with Crippen molar-refractivity contribution in [3.8, 4) is 0 Å². The van der Waals surface area contributed by atoms with Crippen LogP contribution in [-0.4, -0.2) is 19.4 Å². The van der Waals surface area contributed by atoms with Crippen molar-refractivity contribution < 1.29 is 9.18 Å². The van der Waals surface area contributed by atoms with Crippen LogP contribution in [0.3, 0.4) is 0 Å². The Hall–Kier alpha value is -1.64. The molecule has 0 bridgehead atoms. The lowest BCUT2D eigenvalue weighted by Gasteiger charge is -2.21. The number of nitrogens with zero attached hydrogens (tertiary/aromatic N) is 1. The average Bonchev–Trinajstić information content (AvgIpc) is 2.15. The van der Waals surface area contributed by atoms with E-state index in [-0.39, 0.29) is 11.3 Å². The number of rotatable bonds is 4. The van der Waals surface area contributed by atoms with Gasteiger partial charge in [0, 0.05) is 13.6 Å². The lowest BCUT2D eigenvalue weighted by Crippen LogP contribution is -2.21. The van der Waals surface area contributed by atoms with Crippen molar-refractivity contribution in [2.24, 2.45) is 0 Å². The van der Waals surface area contributed by atoms with Crippen molar-refractivity contribution in [3.05, 3.63) is 41.7 Å². The van der Waals surface area contributed by atoms with Gasteiger partial charge in [-0.3, -0.25) is 4.79 Å². The Bertz CT molecular complexity index is 426. The first kappa shape index (κ1) is 12.4. The van der Waals surface area contributed by atoms with Gasteiger partial charge in [0.1, 0.15) is 5.82 Å². The number of likely N-dealkylation sites (N-methyl/N-ethyl adjacent to an activating group) is 1. The van der Waals surface area contributed by atoms with Gasteiger partial charge in [0.25, 0.3) is 0 Å². The van der Waals surface area contributed by atoms with Crippen molar-refractivity contribution in [1.29, 1.82) is 0 Å². The average molecular weight is 221 g/mol. The number of anilines is 1. The van der Waals surface area contributed by atoms with Gasteiger partial charge in [-0.1, -0.05) is 18.2 Å². The summed E-state index contributed by atoms with van der Waals surface area (Å²) in [6.07, 6.45) is 0. The third kappa shape index (κ3) is 2.69. The predicted octanol–water partition coefficient (Wildman–Crippen LogP) is 3.04. The molecule has 0 spiro atoms. The second-order valence-electron chi connectivity index (χ2n) is 4.00. The molecule has 0 N–H and O–H groups in total. The van der Waals surface area contributed by atoms with Crippen LogP contribution in [-0.2, 0) is 0 Å². The number of Topliss-reactive ketones (excluding diaryl/α,β-unsaturated/α-hetero) is 1. The molecule has 0 heterocycles. The summed E-state index contributed by atoms with van der Waals surface area (Å²) in [7, 11) is 1.82. The van der Waals surface area contributed by atoms with Crippen LogP contribution in [0.4, 0.5) is 10.1 Å². The third-order valence-corrected chi connectivity index (χ3v) is 2.26. The molecule has 2 nitrogen and oxygen atoms in total. The molecule has 16 heavy (non-hydrogen) atoms. The molecule has 0 fully saturated rings. The SMILES string of the molecule is C=C(C)CN(C)c1cccc(F)c1C(C)=O. The zero-order valence-electron chi connectivity index (χ0n) is 9.88. The molecule has 3 heteroatoms. The van der Waals surface area contributed by atoms with Gasteiger partial charge in [-0.25, -0.2) is 4.39 Å². The fourth-order valence-corrected chi connectivity index (χ4v) is 1.67. The summed E-state index contributed by atoms with van der Waals surface area (Å²) in [6.45, 7) is 7.66. The van der Waals surface area contributed by atoms with Crippen LogP contribution in [0.2, 0.25) is 0 Å². The van der Waals surface area contributed by atoms with Crippen LogP contribution in [0.1, 0.15) is 24.2 Å². The summed E-state index contributed by atoms with van der Waals surface area (Å²) < 4.78 is 13.5. The van der Waals surface area contributed by atoms with Crippen molar-refractivity contribution in [2.75, 3.05) is 18.5 Å². The zero-order chi connectivity index (χ0) is 12.3. The van der Waals surface area contributed by atoms with Crippen molar-refractivity contribution >= 4 is 11.5 Å². The molecular formula is C13H16FNO. The van der Waals surface area contributed by atoms with Gasteiger partial charge in [-0.05, 0) is 26.0 Å². The highest BCUT2D eigenvalue weighted by atomic mass is 19.1. The first-order valence-electron chi connectivity index (χ1n) is 5.08. The van der Waals surface area contributed by atoms with E-state index in [2.05, 4.69) is 6.58 Å². The molecule has 0 atom stereocenters. The standard InChI is InChI=1S/C13H16FNO/c1-9(2)8-15(4)12-7-5-6-11(14)13(12)10(3)16/h5-7H,1,8H2,2-4H3. The lowest BCUT2D eigenvalue weighted by atomic mass is 10.1. The van der Waals surface area contributed by atoms with Gasteiger partial charge in [-0.2, -0.15) is 0 Å². The van der Waals surface area contributed by atoms with E-state index in [0.717, 1.165) is 5.57 Å². The molecule has 0 unspecified atom stereocenters. The smallest absolute Gasteiger partial charge is 0.164 e. The maximum atomic E-state index is 13.5. The highest BCUT2D eigenvalue weighted by Crippen LogP contribution is 2.23. The Morgan fingerprint density at radius 1 is 1.44 bits per heavy atom. The normalized spacial score (nSPS) is 10.0. The first-order chi connectivity index (χ1) is 7.43. The summed E-state index contributed by atoms with van der Waals surface area (Å²) in [5.41, 5.74) is 1.71. The Balaban J connectivity index is 3.17. The number of carbonyl (C=O) groups is 1. The van der Waals surface area contributed by atoms with Gasteiger partial charge in [0.15, 0.2) is 5.78 Å². The summed E-state index contributed by atoms with van der Waals surface area (Å²) in [5.74, 6) is -0.736. The second-order valence-corrected chi connectivity index (χ2v) is 4.00. The van der Waals surface area contributed by atoms with Gasteiger partial charge in [-0.15, -0.1) is 0 Å². The fraction of sp³-hybridized carbons (Fsp3) is 0.308. The molecule has 1 rings (SSSR count). The first-order valence-corrected chi connectivity index (χ1v) is 5.08. The van der Waals surface area contributed by atoms with Crippen LogP contribution in [0.5, 0.6) is 0 Å². The molecule has 0 aliphatic rings. The highest BCUT2D eigenvalue weighted by molar-refractivity contribution is 6.00. The highest BCUT2D eigenvalue weighted by Gasteiger charge is 2.15. The van der Waals surface area contributed by atoms with Gasteiger partial charge in [0.05, 0.1) is 11.3 Å². The van der Waals surface area contributed by atoms with E-state index >= 15 is 0 Å². The number of hydrogen-bond donors (Lipinski definition) is 0. The Kier molecular flexibility index (Phi) is 3.82. The molecule has 0 saturated heterocycles. The number of benzene rings is 1. The molecule has 0 radical (unpaired) electrons. The molecule has 0 aromatic heterocycles. The predicted molar refractivity (Wildman–Crippen MR) is 64.5 cm³/mol. The molecule has 0 aliphatic carbocycles. The fourth-order valence-electron chi connectivity index (χ4n) is 1.67. The topological polar surface area (TPSA) is 20.3 Å². The Labute approximate surface area is 95.4 Å². The summed E-state index contributed by atoms with van der Waals surface area (Å²) in [5, 5.41) is 0. The monoisotopic (exact) mass is 221 g/mol. The largest absolute Gasteiger partial charge is 0.370 e. The molecule has 0 saturated carbocycles. The van der Waals surface area contributed by atoms with Crippen molar-refractivity contribution in [3.63, 3.8) is 0 Å².